The third-order valence-corrected chi connectivity index (χ3v) is 29.7. The number of aryl methyl sites for hydroxylation is 1. The van der Waals surface area contributed by atoms with Crippen LogP contribution in [0.3, 0.4) is 0 Å². The quantitative estimate of drug-likeness (QED) is 0.0168. The summed E-state index contributed by atoms with van der Waals surface area (Å²) < 4.78 is 91.6. The number of imidazole rings is 1. The van der Waals surface area contributed by atoms with Crippen LogP contribution >= 0.6 is 15.0 Å². The molecule has 2 N–H and O–H groups in total. The number of carbonyl (C=O) groups excluding carboxylic acids is 1. The molecule has 2 fully saturated rings. The van der Waals surface area contributed by atoms with Crippen molar-refractivity contribution in [2.45, 2.75) is 139 Å². The zero-order chi connectivity index (χ0) is 66.7. The van der Waals surface area contributed by atoms with Gasteiger partial charge in [-0.15, -0.1) is 0 Å². The van der Waals surface area contributed by atoms with Gasteiger partial charge in [0.25, 0.3) is 5.91 Å². The van der Waals surface area contributed by atoms with Gasteiger partial charge in [0, 0.05) is 17.1 Å². The van der Waals surface area contributed by atoms with Gasteiger partial charge >= 0.3 is 15.0 Å². The van der Waals surface area contributed by atoms with E-state index in [1.807, 2.05) is 122 Å². The third kappa shape index (κ3) is 14.8. The number of fused-ring (bicyclic) bond motifs is 2. The Morgan fingerprint density at radius 1 is 0.699 bits per heavy atom. The standard InChI is InChI=1S/C65H81N9O14P2SSi2/c1-42-49-33-35-73(58(49)69-39-67-42)61-55(54(87-92(11,12)63(2,3)4)50(83-61)37-80-65(44-23-19-16-20-24-44,45-25-29-47(78-9)30-26-45)46-27-31-48(79-10)32-28-46)86-90(91,81-36-34-66-8)82-38-51-53(85-89(76)77)56(88-93(13,14)64(5,6)7)62(84-51)74-41-71-52-57(68-40-70-59(52)74)72-60(75)43-21-17-15-18-22-43/h15-33,35,39-41,50-51,53-56,61-62,89H,34,36-38H2,1-7,9-14H3,(H,76,77)(H,68,70,72,75)/t50-,51-,53-,54-,55-,56-,61-,62-,90-/m1/s1. The van der Waals surface area contributed by atoms with E-state index in [1.54, 1.807) is 43.1 Å². The number of hydrogen-bond donors (Lipinski definition) is 2. The van der Waals surface area contributed by atoms with E-state index in [4.69, 9.17) is 74.0 Å². The molecule has 28 heteroatoms. The Balaban J connectivity index is 1.07. The minimum absolute atomic E-state index is 0.0980. The summed E-state index contributed by atoms with van der Waals surface area (Å²) in [6.07, 6.45) is -2.76. The van der Waals surface area contributed by atoms with Gasteiger partial charge in [0.1, 0.15) is 78.6 Å². The number of anilines is 1. The van der Waals surface area contributed by atoms with Crippen LogP contribution in [0.25, 0.3) is 27.0 Å². The molecule has 2 aliphatic rings. The Labute approximate surface area is 550 Å². The first kappa shape index (κ1) is 69.4. The monoisotopic (exact) mass is 1360 g/mol. The second kappa shape index (κ2) is 28.5. The molecule has 494 valence electrons. The summed E-state index contributed by atoms with van der Waals surface area (Å²) in [4.78, 5) is 50.8. The van der Waals surface area contributed by atoms with Crippen LogP contribution in [0.5, 0.6) is 11.5 Å². The molecule has 1 unspecified atom stereocenters. The SMILES string of the molecule is [C-]#[N+]CCO[P@@](=S)(OC[C@H]1O[C@@H](n2cnc3c(NC(=O)c4ccccc4)ncnc32)[C@H](O[Si](C)(C)C(C)(C)C)[C@@H]1O[PH](=O)O)O[C@@H]1[C@H](O[Si](C)(C)C(C)(C)C)[C@@H](COC(c2ccccc2)(c2ccc(OC)cc2)c2ccc(OC)cc2)O[C@H]1n1ccc2c(C)ncnc21. The molecule has 0 aliphatic carbocycles. The second-order valence-corrected chi connectivity index (χ2v) is 39.0. The summed E-state index contributed by atoms with van der Waals surface area (Å²) in [6.45, 7) is 25.6. The molecule has 1 amide bonds. The minimum Gasteiger partial charge on any atom is -0.497 e. The van der Waals surface area contributed by atoms with E-state index in [2.05, 4.69) is 84.7 Å². The highest BCUT2D eigenvalue weighted by atomic mass is 32.5. The van der Waals surface area contributed by atoms with Gasteiger partial charge in [-0.25, -0.2) is 31.5 Å². The summed E-state index contributed by atoms with van der Waals surface area (Å²) in [5, 5.41) is 2.88. The fraction of sp³-hybridized carbons (Fsp3) is 0.431. The zero-order valence-corrected chi connectivity index (χ0v) is 59.1. The van der Waals surface area contributed by atoms with E-state index in [1.165, 1.54) is 19.0 Å². The van der Waals surface area contributed by atoms with Gasteiger partial charge in [-0.2, -0.15) is 0 Å². The summed E-state index contributed by atoms with van der Waals surface area (Å²) in [5.41, 5.74) is 3.26. The van der Waals surface area contributed by atoms with Crippen molar-refractivity contribution in [3.8, 4) is 11.5 Å². The molecule has 0 radical (unpaired) electrons. The summed E-state index contributed by atoms with van der Waals surface area (Å²) in [7, 11) is -6.19. The van der Waals surface area contributed by atoms with Gasteiger partial charge in [-0.1, -0.05) is 114 Å². The van der Waals surface area contributed by atoms with E-state index < -0.39 is 98.8 Å². The Kier molecular flexibility index (Phi) is 21.2. The summed E-state index contributed by atoms with van der Waals surface area (Å²) in [5.74, 6) is 1.03. The molecule has 8 aromatic rings. The number of nitrogens with zero attached hydrogens (tertiary/aromatic N) is 8. The molecular formula is C65H81N9O14P2SSi2. The lowest BCUT2D eigenvalue weighted by molar-refractivity contribution is -0.0929. The van der Waals surface area contributed by atoms with Crippen LogP contribution in [0, 0.1) is 13.5 Å². The molecule has 2 aliphatic heterocycles. The zero-order valence-electron chi connectivity index (χ0n) is 54.4. The topological polar surface area (TPSA) is 247 Å². The normalized spacial score (nSPS) is 21.6. The average molecular weight is 1360 g/mol. The Bertz CT molecular complexity index is 3960. The Morgan fingerprint density at radius 3 is 1.83 bits per heavy atom. The van der Waals surface area contributed by atoms with Gasteiger partial charge in [-0.3, -0.25) is 18.5 Å². The highest BCUT2D eigenvalue weighted by molar-refractivity contribution is 8.07. The first-order chi connectivity index (χ1) is 44.2. The highest BCUT2D eigenvalue weighted by Gasteiger charge is 2.57. The number of methoxy groups -OCH3 is 2. The Morgan fingerprint density at radius 2 is 1.25 bits per heavy atom. The lowest BCUT2D eigenvalue weighted by atomic mass is 9.80. The number of carbonyl (C=O) groups is 1. The third-order valence-electron chi connectivity index (χ3n) is 17.9. The van der Waals surface area contributed by atoms with Crippen molar-refractivity contribution in [3.05, 3.63) is 180 Å². The van der Waals surface area contributed by atoms with E-state index in [0.717, 1.165) is 27.8 Å². The molecule has 0 bridgehead atoms. The molecule has 10 atom stereocenters. The molecule has 23 nitrogen and oxygen atoms in total. The fourth-order valence-electron chi connectivity index (χ4n) is 10.9. The maximum Gasteiger partial charge on any atom is 0.328 e. The van der Waals surface area contributed by atoms with Gasteiger partial charge in [0.15, 0.2) is 46.1 Å². The predicted octanol–water partition coefficient (Wildman–Crippen LogP) is 12.8. The molecule has 4 aromatic carbocycles. The molecule has 4 aromatic heterocycles. The predicted molar refractivity (Wildman–Crippen MR) is 361 cm³/mol. The van der Waals surface area contributed by atoms with Crippen molar-refractivity contribution in [1.82, 2.24) is 34.1 Å². The molecule has 0 spiro atoms. The maximum atomic E-state index is 13.5. The van der Waals surface area contributed by atoms with E-state index in [0.29, 0.717) is 22.7 Å². The van der Waals surface area contributed by atoms with Crippen LogP contribution in [0.4, 0.5) is 5.82 Å². The van der Waals surface area contributed by atoms with Crippen molar-refractivity contribution in [2.75, 3.05) is 45.9 Å². The number of benzene rings is 4. The fourth-order valence-corrected chi connectivity index (χ4v) is 16.1. The van der Waals surface area contributed by atoms with Gasteiger partial charge < -0.3 is 65.7 Å². The minimum atomic E-state index is -4.20. The van der Waals surface area contributed by atoms with Crippen LogP contribution in [-0.2, 0) is 63.1 Å². The largest absolute Gasteiger partial charge is 0.497 e. The number of rotatable bonds is 26. The number of amides is 1. The first-order valence-electron chi connectivity index (χ1n) is 30.5. The van der Waals surface area contributed by atoms with Crippen molar-refractivity contribution in [2.24, 2.45) is 0 Å². The molecule has 6 heterocycles. The maximum absolute atomic E-state index is 13.5. The molecule has 10 rings (SSSR count). The number of aromatic nitrogens is 7. The van der Waals surface area contributed by atoms with Crippen molar-refractivity contribution >= 4 is 77.3 Å². The van der Waals surface area contributed by atoms with Gasteiger partial charge in [0.2, 0.25) is 6.54 Å². The molecular weight excluding hydrogens is 1280 g/mol. The molecule has 0 saturated carbocycles. The number of ether oxygens (including phenoxy) is 5. The molecule has 93 heavy (non-hydrogen) atoms. The van der Waals surface area contributed by atoms with Gasteiger partial charge in [-0.05, 0) is 114 Å². The lowest BCUT2D eigenvalue weighted by Gasteiger charge is -2.42. The van der Waals surface area contributed by atoms with E-state index in [-0.39, 0.29) is 46.8 Å². The average Bonchev–Trinajstić information content (AvgIpc) is 1.76. The summed E-state index contributed by atoms with van der Waals surface area (Å²) >= 11 is 6.56. The van der Waals surface area contributed by atoms with Crippen LogP contribution < -0.4 is 14.8 Å². The van der Waals surface area contributed by atoms with E-state index in [9.17, 15) is 14.3 Å². The van der Waals surface area contributed by atoms with Gasteiger partial charge in [0.05, 0.1) is 39.5 Å². The van der Waals surface area contributed by atoms with Crippen LogP contribution in [0.1, 0.15) is 86.7 Å². The smallest absolute Gasteiger partial charge is 0.328 e. The van der Waals surface area contributed by atoms with Crippen LogP contribution in [0.2, 0.25) is 36.3 Å². The van der Waals surface area contributed by atoms with E-state index >= 15 is 0 Å². The highest BCUT2D eigenvalue weighted by Crippen LogP contribution is 2.57. The van der Waals surface area contributed by atoms with Crippen molar-refractivity contribution < 1.29 is 64.9 Å². The van der Waals surface area contributed by atoms with Crippen molar-refractivity contribution in [1.29, 1.82) is 0 Å². The van der Waals surface area contributed by atoms with Crippen LogP contribution in [0.15, 0.2) is 140 Å². The van der Waals surface area contributed by atoms with Crippen molar-refractivity contribution in [3.63, 3.8) is 0 Å². The number of nitrogens with one attached hydrogen (secondary N) is 1. The lowest BCUT2D eigenvalue weighted by Crippen LogP contribution is -2.51. The first-order valence-corrected chi connectivity index (χ1v) is 40.1. The Hall–Kier alpha value is -6.48. The summed E-state index contributed by atoms with van der Waals surface area (Å²) in [6, 6.07) is 36.0. The molecule has 2 saturated heterocycles. The second-order valence-electron chi connectivity index (χ2n) is 25.8. The number of hydrogen-bond acceptors (Lipinski definition) is 19. The van der Waals surface area contributed by atoms with Crippen LogP contribution in [-0.4, -0.2) is 139 Å².